The van der Waals surface area contributed by atoms with E-state index in [1.54, 1.807) is 0 Å². The lowest BCUT2D eigenvalue weighted by Gasteiger charge is -2.26. The lowest BCUT2D eigenvalue weighted by molar-refractivity contribution is 0.250. The van der Waals surface area contributed by atoms with Crippen molar-refractivity contribution >= 4 is 15.7 Å². The maximum Gasteiger partial charge on any atom is 0.148 e. The summed E-state index contributed by atoms with van der Waals surface area (Å²) in [5.41, 5.74) is 5.42. The Hall–Kier alpha value is -0.820. The molecule has 0 aromatic carbocycles. The average molecular weight is 251 g/mol. The van der Waals surface area contributed by atoms with Crippen molar-refractivity contribution in [1.29, 1.82) is 0 Å². The van der Waals surface area contributed by atoms with Gasteiger partial charge in [-0.1, -0.05) is 12.1 Å². The quantitative estimate of drug-likeness (QED) is 0.284. The van der Waals surface area contributed by atoms with Crippen LogP contribution in [0.3, 0.4) is 0 Å². The van der Waals surface area contributed by atoms with Crippen molar-refractivity contribution < 1.29 is 13.6 Å². The maximum atomic E-state index is 11.0. The van der Waals surface area contributed by atoms with E-state index in [2.05, 4.69) is 5.16 Å². The fourth-order valence-electron chi connectivity index (χ4n) is 1.39. The van der Waals surface area contributed by atoms with E-state index in [9.17, 15) is 8.42 Å². The van der Waals surface area contributed by atoms with Crippen LogP contribution in [0.2, 0.25) is 0 Å². The molecule has 96 valence electrons. The summed E-state index contributed by atoms with van der Waals surface area (Å²) >= 11 is 0. The van der Waals surface area contributed by atoms with Gasteiger partial charge in [-0.3, -0.25) is 0 Å². The predicted molar refractivity (Wildman–Crippen MR) is 64.4 cm³/mol. The summed E-state index contributed by atoms with van der Waals surface area (Å²) in [5.74, 6) is 0.286. The minimum atomic E-state index is -2.95. The molecule has 7 heteroatoms. The Bertz CT molecular complexity index is 327. The van der Waals surface area contributed by atoms with Crippen LogP contribution >= 0.6 is 0 Å². The van der Waals surface area contributed by atoms with Crippen LogP contribution in [0.4, 0.5) is 0 Å². The summed E-state index contributed by atoms with van der Waals surface area (Å²) < 4.78 is 22.0. The molecule has 0 aromatic rings. The van der Waals surface area contributed by atoms with Gasteiger partial charge in [0, 0.05) is 25.3 Å². The third-order valence-corrected chi connectivity index (χ3v) is 3.41. The first-order valence-electron chi connectivity index (χ1n) is 5.14. The van der Waals surface area contributed by atoms with Crippen molar-refractivity contribution in [2.24, 2.45) is 10.9 Å². The first-order chi connectivity index (χ1) is 7.30. The van der Waals surface area contributed by atoms with E-state index >= 15 is 0 Å². The summed E-state index contributed by atoms with van der Waals surface area (Å²) in [7, 11) is -1.11. The highest BCUT2D eigenvalue weighted by atomic mass is 32.2. The molecule has 0 radical (unpaired) electrons. The molecule has 0 rings (SSSR count). The lowest BCUT2D eigenvalue weighted by atomic mass is 10.1. The number of sulfone groups is 1. The van der Waals surface area contributed by atoms with Crippen molar-refractivity contribution in [1.82, 2.24) is 4.90 Å². The smallest absolute Gasteiger partial charge is 0.148 e. The van der Waals surface area contributed by atoms with Gasteiger partial charge < -0.3 is 15.8 Å². The van der Waals surface area contributed by atoms with E-state index in [0.29, 0.717) is 13.0 Å². The van der Waals surface area contributed by atoms with Crippen molar-refractivity contribution in [2.75, 3.05) is 25.6 Å². The van der Waals surface area contributed by atoms with Gasteiger partial charge in [-0.15, -0.1) is 0 Å². The van der Waals surface area contributed by atoms with Crippen LogP contribution in [0.5, 0.6) is 0 Å². The molecule has 0 saturated heterocycles. The van der Waals surface area contributed by atoms with E-state index < -0.39 is 9.84 Å². The highest BCUT2D eigenvalue weighted by Gasteiger charge is 2.16. The number of nitrogens with zero attached hydrogens (tertiary/aromatic N) is 2. The van der Waals surface area contributed by atoms with Crippen molar-refractivity contribution in [3.05, 3.63) is 0 Å². The van der Waals surface area contributed by atoms with Crippen molar-refractivity contribution in [2.45, 2.75) is 25.8 Å². The van der Waals surface area contributed by atoms with E-state index in [-0.39, 0.29) is 17.6 Å². The van der Waals surface area contributed by atoms with Gasteiger partial charge in [-0.25, -0.2) is 8.42 Å². The Morgan fingerprint density at radius 2 is 2.12 bits per heavy atom. The fraction of sp³-hybridized carbons (Fsp3) is 0.889. The van der Waals surface area contributed by atoms with Crippen LogP contribution in [-0.4, -0.2) is 56.0 Å². The molecule has 3 N–H and O–H groups in total. The molecule has 0 aliphatic carbocycles. The number of oxime groups is 1. The molecule has 0 heterocycles. The molecule has 0 aliphatic rings. The third-order valence-electron chi connectivity index (χ3n) is 2.48. The highest BCUT2D eigenvalue weighted by molar-refractivity contribution is 7.90. The van der Waals surface area contributed by atoms with Gasteiger partial charge in [-0.2, -0.15) is 0 Å². The first-order valence-corrected chi connectivity index (χ1v) is 7.20. The van der Waals surface area contributed by atoms with Gasteiger partial charge in [0.2, 0.25) is 0 Å². The van der Waals surface area contributed by atoms with Crippen LogP contribution in [0.25, 0.3) is 0 Å². The zero-order chi connectivity index (χ0) is 12.8. The second kappa shape index (κ2) is 6.70. The largest absolute Gasteiger partial charge is 0.409 e. The summed E-state index contributed by atoms with van der Waals surface area (Å²) in [6, 6.07) is 0.0950. The van der Waals surface area contributed by atoms with E-state index in [4.69, 9.17) is 10.9 Å². The summed E-state index contributed by atoms with van der Waals surface area (Å²) in [4.78, 5) is 1.92. The molecular formula is C9H21N3O3S. The molecule has 0 bridgehead atoms. The number of nitrogens with two attached hydrogens (primary N) is 1. The maximum absolute atomic E-state index is 11.0. The Kier molecular flexibility index (Phi) is 6.35. The molecule has 6 nitrogen and oxygen atoms in total. The zero-order valence-corrected chi connectivity index (χ0v) is 10.9. The Labute approximate surface area is 97.0 Å². The molecule has 1 atom stereocenters. The van der Waals surface area contributed by atoms with Crippen molar-refractivity contribution in [3.8, 4) is 0 Å². The number of amidine groups is 1. The van der Waals surface area contributed by atoms with Crippen LogP contribution in [0, 0.1) is 0 Å². The molecule has 1 unspecified atom stereocenters. The topological polar surface area (TPSA) is 96.0 Å². The monoisotopic (exact) mass is 251 g/mol. The third kappa shape index (κ3) is 6.62. The van der Waals surface area contributed by atoms with E-state index in [0.717, 1.165) is 6.42 Å². The van der Waals surface area contributed by atoms with Gasteiger partial charge >= 0.3 is 0 Å². The predicted octanol–water partition coefficient (Wildman–Crippen LogP) is -0.122. The SMILES string of the molecule is CCC(CC(N)=NO)N(C)CCS(C)(=O)=O. The van der Waals surface area contributed by atoms with Crippen LogP contribution in [0.1, 0.15) is 19.8 Å². The highest BCUT2D eigenvalue weighted by Crippen LogP contribution is 2.06. The first kappa shape index (κ1) is 15.2. The molecular weight excluding hydrogens is 230 g/mol. The number of rotatable bonds is 7. The second-order valence-corrected chi connectivity index (χ2v) is 6.23. The van der Waals surface area contributed by atoms with Gasteiger partial charge in [0.25, 0.3) is 0 Å². The standard InChI is InChI=1S/C9H21N3O3S/c1-4-8(7-9(10)11-13)12(2)5-6-16(3,14)15/h8,13H,4-7H2,1-3H3,(H2,10,11). The average Bonchev–Trinajstić information content (AvgIpc) is 2.21. The molecule has 0 aromatic heterocycles. The second-order valence-electron chi connectivity index (χ2n) is 3.97. The van der Waals surface area contributed by atoms with Crippen LogP contribution in [0.15, 0.2) is 5.16 Å². The van der Waals surface area contributed by atoms with E-state index in [1.165, 1.54) is 6.26 Å². The van der Waals surface area contributed by atoms with Gasteiger partial charge in [0.15, 0.2) is 0 Å². The number of hydrogen-bond acceptors (Lipinski definition) is 5. The molecule has 16 heavy (non-hydrogen) atoms. The van der Waals surface area contributed by atoms with Crippen LogP contribution < -0.4 is 5.73 Å². The summed E-state index contributed by atoms with van der Waals surface area (Å²) in [6.45, 7) is 2.43. The Morgan fingerprint density at radius 1 is 1.56 bits per heavy atom. The Balaban J connectivity index is 4.26. The molecule has 0 amide bonds. The molecule has 0 fully saturated rings. The molecule has 0 saturated carbocycles. The summed E-state index contributed by atoms with van der Waals surface area (Å²) in [5, 5.41) is 11.4. The van der Waals surface area contributed by atoms with E-state index in [1.807, 2.05) is 18.9 Å². The normalized spacial score (nSPS) is 15.4. The molecule has 0 aliphatic heterocycles. The van der Waals surface area contributed by atoms with Gasteiger partial charge in [0.1, 0.15) is 15.7 Å². The zero-order valence-electron chi connectivity index (χ0n) is 10.0. The fourth-order valence-corrected chi connectivity index (χ4v) is 2.01. The Morgan fingerprint density at radius 3 is 2.50 bits per heavy atom. The molecule has 0 spiro atoms. The minimum absolute atomic E-state index is 0.0950. The van der Waals surface area contributed by atoms with Gasteiger partial charge in [-0.05, 0) is 13.5 Å². The van der Waals surface area contributed by atoms with Crippen molar-refractivity contribution in [3.63, 3.8) is 0 Å². The lowest BCUT2D eigenvalue weighted by Crippen LogP contribution is -2.37. The minimum Gasteiger partial charge on any atom is -0.409 e. The summed E-state index contributed by atoms with van der Waals surface area (Å²) in [6.07, 6.45) is 2.47. The van der Waals surface area contributed by atoms with Gasteiger partial charge in [0.05, 0.1) is 5.75 Å². The van der Waals surface area contributed by atoms with Crippen LogP contribution in [-0.2, 0) is 9.84 Å². The number of hydrogen-bond donors (Lipinski definition) is 2.